The van der Waals surface area contributed by atoms with E-state index in [4.69, 9.17) is 0 Å². The molecule has 0 heterocycles. The second kappa shape index (κ2) is 10.6. The maximum absolute atomic E-state index is 4.62. The standard InChI is InChI=1S/C15H26N3.ClH/c1-7-11-16-15(18(5,6)14-10-4)17(12-8-2)13-9-3;/h7-10H,1-4,11-14H2,5-6H3;1H/q+1;/p-1. The highest BCUT2D eigenvalue weighted by Crippen LogP contribution is 2.07. The average Bonchev–Trinajstić information content (AvgIpc) is 2.29. The first-order valence-electron chi connectivity index (χ1n) is 6.10. The molecule has 0 N–H and O–H groups in total. The van der Waals surface area contributed by atoms with Gasteiger partial charge in [-0.05, 0) is 6.08 Å². The van der Waals surface area contributed by atoms with Crippen LogP contribution in [0.1, 0.15) is 0 Å². The highest BCUT2D eigenvalue weighted by molar-refractivity contribution is 5.73. The maximum Gasteiger partial charge on any atom is 0.300 e. The van der Waals surface area contributed by atoms with Crippen LogP contribution in [0.2, 0.25) is 0 Å². The summed E-state index contributed by atoms with van der Waals surface area (Å²) in [5, 5.41) is 0. The smallest absolute Gasteiger partial charge is 0.300 e. The lowest BCUT2D eigenvalue weighted by Gasteiger charge is -2.35. The van der Waals surface area contributed by atoms with E-state index in [0.29, 0.717) is 11.0 Å². The van der Waals surface area contributed by atoms with Gasteiger partial charge in [0.1, 0.15) is 6.54 Å². The molecule has 0 saturated heterocycles. The SMILES string of the molecule is C=CCN=C(N(CC=C)CC=C)[N+](C)(C)CC=C.[Cl-]. The summed E-state index contributed by atoms with van der Waals surface area (Å²) in [7, 11) is 4.23. The summed E-state index contributed by atoms with van der Waals surface area (Å²) in [6.07, 6.45) is 7.46. The quantitative estimate of drug-likeness (QED) is 0.253. The second-order valence-electron chi connectivity index (χ2n) is 4.57. The Labute approximate surface area is 124 Å². The number of quaternary nitrogens is 1. The predicted molar refractivity (Wildman–Crippen MR) is 81.6 cm³/mol. The Hall–Kier alpha value is -1.32. The number of hydrogen-bond donors (Lipinski definition) is 0. The first-order chi connectivity index (χ1) is 8.53. The Morgan fingerprint density at radius 3 is 1.89 bits per heavy atom. The van der Waals surface area contributed by atoms with Crippen molar-refractivity contribution in [3.05, 3.63) is 50.6 Å². The fourth-order valence-corrected chi connectivity index (χ4v) is 1.77. The number of aliphatic imine (C=N–C) groups is 1. The predicted octanol–water partition coefficient (Wildman–Crippen LogP) is -0.531. The van der Waals surface area contributed by atoms with E-state index in [1.807, 2.05) is 18.2 Å². The topological polar surface area (TPSA) is 15.6 Å². The molecule has 0 atom stereocenters. The van der Waals surface area contributed by atoms with Gasteiger partial charge in [-0.1, -0.05) is 24.8 Å². The van der Waals surface area contributed by atoms with Crippen molar-refractivity contribution in [2.75, 3.05) is 40.3 Å². The Bertz CT molecular complexity index is 322. The minimum Gasteiger partial charge on any atom is -1.00 e. The van der Waals surface area contributed by atoms with Crippen molar-refractivity contribution in [2.24, 2.45) is 4.99 Å². The van der Waals surface area contributed by atoms with Crippen molar-refractivity contribution in [3.63, 3.8) is 0 Å². The van der Waals surface area contributed by atoms with Gasteiger partial charge in [-0.15, -0.1) is 19.7 Å². The van der Waals surface area contributed by atoms with Crippen molar-refractivity contribution >= 4 is 5.96 Å². The summed E-state index contributed by atoms with van der Waals surface area (Å²) in [6, 6.07) is 0. The lowest BCUT2D eigenvalue weighted by atomic mass is 10.4. The van der Waals surface area contributed by atoms with Crippen LogP contribution < -0.4 is 12.4 Å². The van der Waals surface area contributed by atoms with Crippen molar-refractivity contribution in [1.82, 2.24) is 4.90 Å². The summed E-state index contributed by atoms with van der Waals surface area (Å²) in [4.78, 5) is 6.78. The molecule has 0 spiro atoms. The van der Waals surface area contributed by atoms with Gasteiger partial charge in [-0.3, -0.25) is 4.48 Å². The van der Waals surface area contributed by atoms with E-state index in [1.54, 1.807) is 6.08 Å². The highest BCUT2D eigenvalue weighted by Gasteiger charge is 2.27. The second-order valence-corrected chi connectivity index (χ2v) is 4.57. The third kappa shape index (κ3) is 6.99. The molecule has 0 radical (unpaired) electrons. The average molecular weight is 284 g/mol. The molecule has 19 heavy (non-hydrogen) atoms. The minimum absolute atomic E-state index is 0. The zero-order valence-electron chi connectivity index (χ0n) is 12.2. The number of rotatable bonds is 8. The molecule has 0 unspecified atom stereocenters. The molecule has 0 saturated carbocycles. The number of halogens is 1. The number of hydrogen-bond acceptors (Lipinski definition) is 1. The molecule has 0 rings (SSSR count). The lowest BCUT2D eigenvalue weighted by Crippen LogP contribution is -3.00. The Morgan fingerprint density at radius 2 is 1.53 bits per heavy atom. The van der Waals surface area contributed by atoms with E-state index in [2.05, 4.69) is 50.3 Å². The molecule has 3 nitrogen and oxygen atoms in total. The normalized spacial score (nSPS) is 11.2. The molecular formula is C15H26ClN3. The summed E-state index contributed by atoms with van der Waals surface area (Å²) in [6.45, 7) is 18.1. The van der Waals surface area contributed by atoms with Gasteiger partial charge in [0.25, 0.3) is 0 Å². The largest absolute Gasteiger partial charge is 1.00 e. The van der Waals surface area contributed by atoms with Crippen LogP contribution in [-0.2, 0) is 0 Å². The van der Waals surface area contributed by atoms with Crippen LogP contribution in [0.3, 0.4) is 0 Å². The maximum atomic E-state index is 4.62. The molecule has 0 aliphatic rings. The Balaban J connectivity index is 0. The third-order valence-electron chi connectivity index (χ3n) is 2.47. The van der Waals surface area contributed by atoms with Crippen molar-refractivity contribution < 1.29 is 16.9 Å². The molecule has 0 aromatic carbocycles. The van der Waals surface area contributed by atoms with Gasteiger partial charge in [0.15, 0.2) is 0 Å². The van der Waals surface area contributed by atoms with Crippen molar-refractivity contribution in [3.8, 4) is 0 Å². The molecule has 0 fully saturated rings. The van der Waals surface area contributed by atoms with E-state index in [-0.39, 0.29) is 12.4 Å². The third-order valence-corrected chi connectivity index (χ3v) is 2.47. The Kier molecular flexibility index (Phi) is 11.1. The molecule has 0 aliphatic carbocycles. The summed E-state index contributed by atoms with van der Waals surface area (Å²) >= 11 is 0. The van der Waals surface area contributed by atoms with Gasteiger partial charge in [-0.25, -0.2) is 4.99 Å². The molecule has 0 aromatic heterocycles. The molecule has 0 amide bonds. The minimum atomic E-state index is 0. The molecule has 4 heteroatoms. The van der Waals surface area contributed by atoms with Crippen LogP contribution in [0.25, 0.3) is 0 Å². The lowest BCUT2D eigenvalue weighted by molar-refractivity contribution is -0.798. The molecule has 0 bridgehead atoms. The molecule has 0 aromatic rings. The van der Waals surface area contributed by atoms with Crippen LogP contribution in [0.5, 0.6) is 0 Å². The monoisotopic (exact) mass is 283 g/mol. The molecular weight excluding hydrogens is 258 g/mol. The zero-order chi connectivity index (χ0) is 14.0. The molecule has 108 valence electrons. The zero-order valence-corrected chi connectivity index (χ0v) is 12.9. The van der Waals surface area contributed by atoms with Crippen LogP contribution in [-0.4, -0.2) is 55.6 Å². The van der Waals surface area contributed by atoms with E-state index in [1.165, 1.54) is 0 Å². The van der Waals surface area contributed by atoms with Gasteiger partial charge in [0.05, 0.1) is 20.6 Å². The summed E-state index contributed by atoms with van der Waals surface area (Å²) in [5.74, 6) is 0.995. The van der Waals surface area contributed by atoms with Gasteiger partial charge in [0.2, 0.25) is 0 Å². The van der Waals surface area contributed by atoms with Gasteiger partial charge in [0, 0.05) is 13.1 Å². The van der Waals surface area contributed by atoms with Gasteiger partial charge >= 0.3 is 5.96 Å². The van der Waals surface area contributed by atoms with Gasteiger partial charge < -0.3 is 17.3 Å². The first-order valence-corrected chi connectivity index (χ1v) is 6.10. The van der Waals surface area contributed by atoms with Gasteiger partial charge in [-0.2, -0.15) is 0 Å². The molecule has 0 aliphatic heterocycles. The number of likely N-dealkylation sites (N-methyl/N-ethyl adjacent to an activating group) is 1. The number of nitrogens with zero attached hydrogens (tertiary/aromatic N) is 3. The fraction of sp³-hybridized carbons (Fsp3) is 0.400. The number of guanidine groups is 1. The van der Waals surface area contributed by atoms with Crippen LogP contribution in [0.15, 0.2) is 55.6 Å². The van der Waals surface area contributed by atoms with E-state index in [9.17, 15) is 0 Å². The van der Waals surface area contributed by atoms with Crippen LogP contribution in [0.4, 0.5) is 0 Å². The first kappa shape index (κ1) is 20.0. The van der Waals surface area contributed by atoms with E-state index in [0.717, 1.165) is 25.6 Å². The van der Waals surface area contributed by atoms with Crippen LogP contribution in [0, 0.1) is 0 Å². The van der Waals surface area contributed by atoms with Crippen molar-refractivity contribution in [2.45, 2.75) is 0 Å². The Morgan fingerprint density at radius 1 is 1.00 bits per heavy atom. The van der Waals surface area contributed by atoms with Crippen LogP contribution >= 0.6 is 0 Å². The summed E-state index contributed by atoms with van der Waals surface area (Å²) in [5.41, 5.74) is 0. The van der Waals surface area contributed by atoms with E-state index < -0.39 is 0 Å². The summed E-state index contributed by atoms with van der Waals surface area (Å²) < 4.78 is 0.652. The van der Waals surface area contributed by atoms with E-state index >= 15 is 0 Å². The van der Waals surface area contributed by atoms with Crippen molar-refractivity contribution in [1.29, 1.82) is 0 Å². The highest BCUT2D eigenvalue weighted by atomic mass is 35.5. The fourth-order valence-electron chi connectivity index (χ4n) is 1.77.